The first kappa shape index (κ1) is 19.8. The molecule has 1 saturated heterocycles. The molecule has 2 amide bonds. The number of aromatic nitrogens is 1. The minimum atomic E-state index is -0.242. The number of nitrogens with zero attached hydrogens (tertiary/aromatic N) is 2. The van der Waals surface area contributed by atoms with Crippen LogP contribution in [0.5, 0.6) is 11.5 Å². The normalized spacial score (nSPS) is 14.5. The van der Waals surface area contributed by atoms with E-state index in [2.05, 4.69) is 20.5 Å². The Balaban J connectivity index is 1.52. The summed E-state index contributed by atoms with van der Waals surface area (Å²) >= 11 is 0. The summed E-state index contributed by atoms with van der Waals surface area (Å²) in [5, 5.41) is 5.81. The molecule has 1 aliphatic heterocycles. The Morgan fingerprint density at radius 1 is 1.18 bits per heavy atom. The Labute approximate surface area is 166 Å². The van der Waals surface area contributed by atoms with Crippen LogP contribution in [0, 0.1) is 0 Å². The second kappa shape index (κ2) is 9.30. The van der Waals surface area contributed by atoms with Crippen molar-refractivity contribution in [2.45, 2.75) is 32.4 Å². The van der Waals surface area contributed by atoms with Crippen LogP contribution in [0.3, 0.4) is 0 Å². The molecule has 2 aromatic rings. The summed E-state index contributed by atoms with van der Waals surface area (Å²) in [4.78, 5) is 19.1. The van der Waals surface area contributed by atoms with Crippen molar-refractivity contribution in [2.75, 3.05) is 32.2 Å². The van der Waals surface area contributed by atoms with E-state index in [4.69, 9.17) is 9.47 Å². The number of anilines is 1. The lowest BCUT2D eigenvalue weighted by atomic mass is 10.1. The van der Waals surface area contributed by atoms with Gasteiger partial charge in [0.2, 0.25) is 0 Å². The van der Waals surface area contributed by atoms with Gasteiger partial charge in [0.1, 0.15) is 17.3 Å². The molecule has 0 radical (unpaired) electrons. The molecule has 0 spiro atoms. The highest BCUT2D eigenvalue weighted by Crippen LogP contribution is 2.29. The van der Waals surface area contributed by atoms with E-state index in [1.807, 2.05) is 37.4 Å². The van der Waals surface area contributed by atoms with Crippen molar-refractivity contribution < 1.29 is 14.3 Å². The van der Waals surface area contributed by atoms with Crippen LogP contribution in [-0.2, 0) is 6.54 Å². The van der Waals surface area contributed by atoms with Crippen molar-refractivity contribution in [1.29, 1.82) is 0 Å². The smallest absolute Gasteiger partial charge is 0.315 e. The fourth-order valence-electron chi connectivity index (χ4n) is 3.34. The number of nitrogens with one attached hydrogen (secondary N) is 2. The van der Waals surface area contributed by atoms with E-state index in [0.29, 0.717) is 18.0 Å². The summed E-state index contributed by atoms with van der Waals surface area (Å²) in [6.45, 7) is 4.47. The lowest BCUT2D eigenvalue weighted by molar-refractivity contribution is 0.237. The summed E-state index contributed by atoms with van der Waals surface area (Å²) in [5.41, 5.74) is 1.85. The molecule has 0 bridgehead atoms. The molecule has 0 saturated carbocycles. The van der Waals surface area contributed by atoms with Gasteiger partial charge in [0.15, 0.2) is 0 Å². The third-order valence-electron chi connectivity index (χ3n) is 4.95. The first-order valence-corrected chi connectivity index (χ1v) is 9.57. The van der Waals surface area contributed by atoms with Gasteiger partial charge < -0.3 is 25.0 Å². The van der Waals surface area contributed by atoms with E-state index in [1.165, 1.54) is 12.8 Å². The summed E-state index contributed by atoms with van der Waals surface area (Å²) in [6.07, 6.45) is 4.27. The largest absolute Gasteiger partial charge is 0.497 e. The van der Waals surface area contributed by atoms with Gasteiger partial charge in [0.05, 0.1) is 20.3 Å². The summed E-state index contributed by atoms with van der Waals surface area (Å²) in [5.74, 6) is 2.39. The van der Waals surface area contributed by atoms with E-state index in [0.717, 1.165) is 30.0 Å². The molecular formula is C21H28N4O3. The molecule has 1 aliphatic rings. The van der Waals surface area contributed by atoms with E-state index >= 15 is 0 Å². The van der Waals surface area contributed by atoms with Crippen LogP contribution in [0.25, 0.3) is 0 Å². The van der Waals surface area contributed by atoms with E-state index in [-0.39, 0.29) is 12.1 Å². The number of amides is 2. The van der Waals surface area contributed by atoms with Crippen LogP contribution in [0.2, 0.25) is 0 Å². The van der Waals surface area contributed by atoms with Gasteiger partial charge in [-0.1, -0.05) is 6.07 Å². The lowest BCUT2D eigenvalue weighted by Crippen LogP contribution is -2.36. The van der Waals surface area contributed by atoms with E-state index in [1.54, 1.807) is 20.3 Å². The maximum Gasteiger partial charge on any atom is 0.315 e. The molecule has 3 rings (SSSR count). The average molecular weight is 384 g/mol. The summed E-state index contributed by atoms with van der Waals surface area (Å²) in [7, 11) is 3.21. The molecule has 7 heteroatoms. The number of ether oxygens (including phenoxy) is 2. The Morgan fingerprint density at radius 3 is 2.61 bits per heavy atom. The maximum absolute atomic E-state index is 12.3. The topological polar surface area (TPSA) is 75.7 Å². The van der Waals surface area contributed by atoms with Gasteiger partial charge in [-0.15, -0.1) is 0 Å². The molecule has 150 valence electrons. The Morgan fingerprint density at radius 2 is 1.96 bits per heavy atom. The van der Waals surface area contributed by atoms with Gasteiger partial charge in [-0.3, -0.25) is 0 Å². The zero-order valence-electron chi connectivity index (χ0n) is 16.7. The quantitative estimate of drug-likeness (QED) is 0.766. The number of hydrogen-bond donors (Lipinski definition) is 2. The highest BCUT2D eigenvalue weighted by molar-refractivity contribution is 5.74. The summed E-state index contributed by atoms with van der Waals surface area (Å²) in [6, 6.07) is 9.12. The first-order valence-electron chi connectivity index (χ1n) is 9.57. The van der Waals surface area contributed by atoms with Crippen LogP contribution in [0.15, 0.2) is 36.5 Å². The van der Waals surface area contributed by atoms with Gasteiger partial charge in [-0.25, -0.2) is 9.78 Å². The van der Waals surface area contributed by atoms with Crippen LogP contribution in [0.4, 0.5) is 10.6 Å². The second-order valence-corrected chi connectivity index (χ2v) is 6.88. The molecule has 1 fully saturated rings. The van der Waals surface area contributed by atoms with Crippen molar-refractivity contribution in [3.05, 3.63) is 47.7 Å². The second-order valence-electron chi connectivity index (χ2n) is 6.88. The number of hydrogen-bond acceptors (Lipinski definition) is 5. The molecule has 1 atom stereocenters. The van der Waals surface area contributed by atoms with Crippen LogP contribution in [0.1, 0.15) is 36.9 Å². The number of pyridine rings is 1. The van der Waals surface area contributed by atoms with Crippen LogP contribution >= 0.6 is 0 Å². The van der Waals surface area contributed by atoms with Crippen molar-refractivity contribution in [3.8, 4) is 11.5 Å². The van der Waals surface area contributed by atoms with Gasteiger partial charge in [-0.05, 0) is 43.5 Å². The summed E-state index contributed by atoms with van der Waals surface area (Å²) < 4.78 is 10.6. The van der Waals surface area contributed by atoms with Crippen molar-refractivity contribution in [1.82, 2.24) is 15.6 Å². The molecule has 1 unspecified atom stereocenters. The van der Waals surface area contributed by atoms with Crippen molar-refractivity contribution in [3.63, 3.8) is 0 Å². The number of carbonyl (C=O) groups is 1. The molecule has 7 nitrogen and oxygen atoms in total. The van der Waals surface area contributed by atoms with Gasteiger partial charge >= 0.3 is 6.03 Å². The van der Waals surface area contributed by atoms with Gasteiger partial charge in [-0.2, -0.15) is 0 Å². The number of rotatable bonds is 7. The molecule has 2 heterocycles. The van der Waals surface area contributed by atoms with Crippen LogP contribution < -0.4 is 25.0 Å². The Hall–Kier alpha value is -2.96. The third-order valence-corrected chi connectivity index (χ3v) is 4.95. The Kier molecular flexibility index (Phi) is 6.57. The third kappa shape index (κ3) is 4.85. The predicted molar refractivity (Wildman–Crippen MR) is 109 cm³/mol. The van der Waals surface area contributed by atoms with Crippen molar-refractivity contribution in [2.24, 2.45) is 0 Å². The Bertz CT molecular complexity index is 789. The average Bonchev–Trinajstić information content (AvgIpc) is 3.27. The SMILES string of the molecule is COc1ccc(C(C)NC(=O)NCc2ccc(N3CCCC3)nc2)c(OC)c1. The minimum Gasteiger partial charge on any atom is -0.497 e. The van der Waals surface area contributed by atoms with Crippen LogP contribution in [-0.4, -0.2) is 38.3 Å². The van der Waals surface area contributed by atoms with E-state index in [9.17, 15) is 4.79 Å². The number of benzene rings is 1. The molecular weight excluding hydrogens is 356 g/mol. The minimum absolute atomic E-state index is 0.212. The zero-order valence-corrected chi connectivity index (χ0v) is 16.7. The first-order chi connectivity index (χ1) is 13.6. The molecule has 0 aliphatic carbocycles. The fourth-order valence-corrected chi connectivity index (χ4v) is 3.34. The molecule has 2 N–H and O–H groups in total. The van der Waals surface area contributed by atoms with Gasteiger partial charge in [0.25, 0.3) is 0 Å². The highest BCUT2D eigenvalue weighted by Gasteiger charge is 2.15. The standard InChI is InChI=1S/C21H28N4O3/c1-15(18-8-7-17(27-2)12-19(18)28-3)24-21(26)23-14-16-6-9-20(22-13-16)25-10-4-5-11-25/h6-9,12-13,15H,4-5,10-11,14H2,1-3H3,(H2,23,24,26). The maximum atomic E-state index is 12.3. The van der Waals surface area contributed by atoms with E-state index < -0.39 is 0 Å². The molecule has 1 aromatic carbocycles. The fraction of sp³-hybridized carbons (Fsp3) is 0.429. The van der Waals surface area contributed by atoms with Crippen molar-refractivity contribution >= 4 is 11.8 Å². The predicted octanol–water partition coefficient (Wildman–Crippen LogP) is 3.26. The number of methoxy groups -OCH3 is 2. The molecule has 1 aromatic heterocycles. The molecule has 28 heavy (non-hydrogen) atoms. The monoisotopic (exact) mass is 384 g/mol. The van der Waals surface area contributed by atoms with Gasteiger partial charge in [0, 0.05) is 37.5 Å². The number of urea groups is 1. The zero-order chi connectivity index (χ0) is 19.9. The number of carbonyl (C=O) groups excluding carboxylic acids is 1. The highest BCUT2D eigenvalue weighted by atomic mass is 16.5. The lowest BCUT2D eigenvalue weighted by Gasteiger charge is -2.19.